The Hall–Kier alpha value is -3.15. The summed E-state index contributed by atoms with van der Waals surface area (Å²) in [5.41, 5.74) is 3.44. The number of nitrogens with one attached hydrogen (secondary N) is 2. The van der Waals surface area contributed by atoms with Crippen molar-refractivity contribution in [1.29, 1.82) is 0 Å². The Morgan fingerprint density at radius 1 is 1.19 bits per heavy atom. The number of amides is 2. The number of hydrogen-bond acceptors (Lipinski definition) is 3. The number of hydrogen-bond donors (Lipinski definition) is 3. The Morgan fingerprint density at radius 3 is 2.73 bits per heavy atom. The van der Waals surface area contributed by atoms with E-state index in [1.807, 2.05) is 25.1 Å². The molecule has 1 atom stereocenters. The summed E-state index contributed by atoms with van der Waals surface area (Å²) < 4.78 is 0. The molecule has 0 radical (unpaired) electrons. The standard InChI is InChI=1S/C20H20N2O4/c1-12(13-6-8-17-15(10-13)7-9-18(23)22-17)21-19(24)11-14-4-2-3-5-16(14)20(25)26/h2-6,8,10,12H,7,9,11H2,1H3,(H,21,24)(H,22,23)(H,25,26). The molecule has 1 unspecified atom stereocenters. The number of carboxylic acids is 1. The third-order valence-corrected chi connectivity index (χ3v) is 4.50. The van der Waals surface area contributed by atoms with Crippen LogP contribution in [-0.4, -0.2) is 22.9 Å². The average Bonchev–Trinajstić information content (AvgIpc) is 2.61. The maximum atomic E-state index is 12.3. The Labute approximate surface area is 151 Å². The van der Waals surface area contributed by atoms with Crippen LogP contribution in [0.2, 0.25) is 0 Å². The SMILES string of the molecule is CC(NC(=O)Cc1ccccc1C(=O)O)c1ccc2c(c1)CCC(=O)N2. The van der Waals surface area contributed by atoms with E-state index in [-0.39, 0.29) is 29.8 Å². The molecule has 1 aliphatic rings. The number of benzene rings is 2. The van der Waals surface area contributed by atoms with Gasteiger partial charge in [0.15, 0.2) is 0 Å². The highest BCUT2D eigenvalue weighted by molar-refractivity contribution is 5.94. The van der Waals surface area contributed by atoms with Crippen molar-refractivity contribution in [3.05, 3.63) is 64.7 Å². The summed E-state index contributed by atoms with van der Waals surface area (Å²) in [7, 11) is 0. The van der Waals surface area contributed by atoms with Crippen molar-refractivity contribution < 1.29 is 19.5 Å². The molecule has 0 aromatic heterocycles. The summed E-state index contributed by atoms with van der Waals surface area (Å²) >= 11 is 0. The van der Waals surface area contributed by atoms with Gasteiger partial charge in [0.1, 0.15) is 0 Å². The summed E-state index contributed by atoms with van der Waals surface area (Å²) in [4.78, 5) is 35.0. The molecule has 0 bridgehead atoms. The number of aryl methyl sites for hydroxylation is 1. The van der Waals surface area contributed by atoms with Gasteiger partial charge in [-0.05, 0) is 42.2 Å². The van der Waals surface area contributed by atoms with Crippen LogP contribution in [-0.2, 0) is 22.4 Å². The fourth-order valence-corrected chi connectivity index (χ4v) is 3.10. The number of rotatable bonds is 5. The first-order valence-electron chi connectivity index (χ1n) is 8.47. The van der Waals surface area contributed by atoms with Gasteiger partial charge in [-0.15, -0.1) is 0 Å². The molecule has 6 nitrogen and oxygen atoms in total. The van der Waals surface area contributed by atoms with Gasteiger partial charge in [-0.3, -0.25) is 9.59 Å². The molecule has 0 saturated carbocycles. The Kier molecular flexibility index (Phi) is 5.02. The number of carboxylic acid groups (broad SMARTS) is 1. The molecule has 134 valence electrons. The largest absolute Gasteiger partial charge is 0.478 e. The normalized spacial score (nSPS) is 14.1. The van der Waals surface area contributed by atoms with Crippen molar-refractivity contribution in [2.45, 2.75) is 32.2 Å². The number of carbonyl (C=O) groups excluding carboxylic acids is 2. The molecule has 2 aromatic rings. The predicted octanol–water partition coefficient (Wildman–Crippen LogP) is 2.69. The lowest BCUT2D eigenvalue weighted by Crippen LogP contribution is -2.29. The van der Waals surface area contributed by atoms with Crippen molar-refractivity contribution in [1.82, 2.24) is 5.32 Å². The number of carbonyl (C=O) groups is 3. The van der Waals surface area contributed by atoms with Gasteiger partial charge < -0.3 is 15.7 Å². The van der Waals surface area contributed by atoms with Crippen LogP contribution >= 0.6 is 0 Å². The summed E-state index contributed by atoms with van der Waals surface area (Å²) in [5, 5.41) is 14.9. The van der Waals surface area contributed by atoms with Gasteiger partial charge in [0.25, 0.3) is 0 Å². The van der Waals surface area contributed by atoms with Gasteiger partial charge >= 0.3 is 5.97 Å². The van der Waals surface area contributed by atoms with E-state index < -0.39 is 5.97 Å². The molecule has 1 aliphatic heterocycles. The van der Waals surface area contributed by atoms with Gasteiger partial charge in [-0.25, -0.2) is 4.79 Å². The predicted molar refractivity (Wildman–Crippen MR) is 97.1 cm³/mol. The van der Waals surface area contributed by atoms with Gasteiger partial charge in [-0.1, -0.05) is 30.3 Å². The summed E-state index contributed by atoms with van der Waals surface area (Å²) in [5.74, 6) is -1.26. The van der Waals surface area contributed by atoms with Crippen molar-refractivity contribution in [2.24, 2.45) is 0 Å². The first-order valence-corrected chi connectivity index (χ1v) is 8.47. The van der Waals surface area contributed by atoms with Crippen molar-refractivity contribution in [3.8, 4) is 0 Å². The zero-order valence-electron chi connectivity index (χ0n) is 14.4. The molecule has 26 heavy (non-hydrogen) atoms. The summed E-state index contributed by atoms with van der Waals surface area (Å²) in [6.07, 6.45) is 1.15. The van der Waals surface area contributed by atoms with Gasteiger partial charge in [0.05, 0.1) is 18.0 Å². The molecule has 0 saturated heterocycles. The van der Waals surface area contributed by atoms with Gasteiger partial charge in [-0.2, -0.15) is 0 Å². The molecule has 2 amide bonds. The van der Waals surface area contributed by atoms with E-state index in [4.69, 9.17) is 0 Å². The zero-order chi connectivity index (χ0) is 18.7. The van der Waals surface area contributed by atoms with Crippen molar-refractivity contribution >= 4 is 23.5 Å². The fraction of sp³-hybridized carbons (Fsp3) is 0.250. The third-order valence-electron chi connectivity index (χ3n) is 4.50. The molecule has 1 heterocycles. The number of fused-ring (bicyclic) bond motifs is 1. The fourth-order valence-electron chi connectivity index (χ4n) is 3.10. The van der Waals surface area contributed by atoms with Crippen LogP contribution < -0.4 is 10.6 Å². The van der Waals surface area contributed by atoms with Crippen LogP contribution in [0.5, 0.6) is 0 Å². The second kappa shape index (κ2) is 7.39. The first kappa shape index (κ1) is 17.7. The van der Waals surface area contributed by atoms with Crippen LogP contribution in [0.15, 0.2) is 42.5 Å². The highest BCUT2D eigenvalue weighted by Crippen LogP contribution is 2.26. The maximum absolute atomic E-state index is 12.3. The monoisotopic (exact) mass is 352 g/mol. The highest BCUT2D eigenvalue weighted by Gasteiger charge is 2.18. The van der Waals surface area contributed by atoms with E-state index in [0.29, 0.717) is 18.4 Å². The van der Waals surface area contributed by atoms with Crippen LogP contribution in [0.4, 0.5) is 5.69 Å². The first-order chi connectivity index (χ1) is 12.4. The quantitative estimate of drug-likeness (QED) is 0.771. The smallest absolute Gasteiger partial charge is 0.335 e. The molecular formula is C20H20N2O4. The molecule has 0 aliphatic carbocycles. The van der Waals surface area contributed by atoms with Crippen LogP contribution in [0.25, 0.3) is 0 Å². The van der Waals surface area contributed by atoms with E-state index in [1.165, 1.54) is 6.07 Å². The minimum absolute atomic E-state index is 0.00775. The Balaban J connectivity index is 1.68. The van der Waals surface area contributed by atoms with Crippen molar-refractivity contribution in [3.63, 3.8) is 0 Å². The lowest BCUT2D eigenvalue weighted by molar-refractivity contribution is -0.121. The minimum atomic E-state index is -1.04. The van der Waals surface area contributed by atoms with E-state index in [1.54, 1.807) is 18.2 Å². The Morgan fingerprint density at radius 2 is 1.96 bits per heavy atom. The van der Waals surface area contributed by atoms with E-state index >= 15 is 0 Å². The van der Waals surface area contributed by atoms with Crippen LogP contribution in [0, 0.1) is 0 Å². The van der Waals surface area contributed by atoms with E-state index in [0.717, 1.165) is 16.8 Å². The lowest BCUT2D eigenvalue weighted by Gasteiger charge is -2.20. The van der Waals surface area contributed by atoms with Crippen LogP contribution in [0.1, 0.15) is 46.4 Å². The van der Waals surface area contributed by atoms with E-state index in [9.17, 15) is 19.5 Å². The molecule has 2 aromatic carbocycles. The van der Waals surface area contributed by atoms with Gasteiger partial charge in [0.2, 0.25) is 11.8 Å². The lowest BCUT2D eigenvalue weighted by atomic mass is 9.97. The average molecular weight is 352 g/mol. The maximum Gasteiger partial charge on any atom is 0.335 e. The van der Waals surface area contributed by atoms with E-state index in [2.05, 4.69) is 10.6 Å². The topological polar surface area (TPSA) is 95.5 Å². The summed E-state index contributed by atoms with van der Waals surface area (Å²) in [6.45, 7) is 1.88. The zero-order valence-corrected chi connectivity index (χ0v) is 14.4. The second-order valence-electron chi connectivity index (χ2n) is 6.39. The number of aromatic carboxylic acids is 1. The number of anilines is 1. The molecule has 0 spiro atoms. The molecule has 0 fully saturated rings. The Bertz CT molecular complexity index is 876. The van der Waals surface area contributed by atoms with Gasteiger partial charge in [0, 0.05) is 12.1 Å². The summed E-state index contributed by atoms with van der Waals surface area (Å²) in [6, 6.07) is 12.0. The van der Waals surface area contributed by atoms with Crippen molar-refractivity contribution in [2.75, 3.05) is 5.32 Å². The molecule has 3 rings (SSSR count). The highest BCUT2D eigenvalue weighted by atomic mass is 16.4. The second-order valence-corrected chi connectivity index (χ2v) is 6.39. The molecule has 6 heteroatoms. The molecule has 3 N–H and O–H groups in total. The molecular weight excluding hydrogens is 332 g/mol. The minimum Gasteiger partial charge on any atom is -0.478 e. The third kappa shape index (κ3) is 3.91. The van der Waals surface area contributed by atoms with Crippen LogP contribution in [0.3, 0.4) is 0 Å².